The van der Waals surface area contributed by atoms with E-state index < -0.39 is 5.54 Å². The van der Waals surface area contributed by atoms with Crippen LogP contribution in [-0.4, -0.2) is 30.5 Å². The van der Waals surface area contributed by atoms with Crippen molar-refractivity contribution in [3.05, 3.63) is 0 Å². The van der Waals surface area contributed by atoms with Gasteiger partial charge in [0.2, 0.25) is 0 Å². The topological polar surface area (TPSA) is 55.5 Å². The quantitative estimate of drug-likeness (QED) is 0.575. The van der Waals surface area contributed by atoms with Gasteiger partial charge in [-0.3, -0.25) is 0 Å². The Morgan fingerprint density at radius 1 is 1.33 bits per heavy atom. The van der Waals surface area contributed by atoms with Gasteiger partial charge >= 0.3 is 0 Å². The van der Waals surface area contributed by atoms with Crippen LogP contribution in [0.15, 0.2) is 0 Å². The molecule has 3 nitrogen and oxygen atoms in total. The van der Waals surface area contributed by atoms with Crippen LogP contribution in [0.2, 0.25) is 0 Å². The third-order valence-electron chi connectivity index (χ3n) is 3.02. The van der Waals surface area contributed by atoms with E-state index in [-0.39, 0.29) is 6.61 Å². The second-order valence-electron chi connectivity index (χ2n) is 5.11. The molecule has 0 aromatic carbocycles. The highest BCUT2D eigenvalue weighted by Crippen LogP contribution is 2.32. The predicted molar refractivity (Wildman–Crippen MR) is 61.7 cm³/mol. The van der Waals surface area contributed by atoms with Crippen molar-refractivity contribution in [3.63, 3.8) is 0 Å². The first kappa shape index (κ1) is 12.9. The summed E-state index contributed by atoms with van der Waals surface area (Å²) in [5.41, 5.74) is 5.41. The molecule has 1 aliphatic carbocycles. The number of nitrogens with two attached hydrogens (primary N) is 1. The van der Waals surface area contributed by atoms with Crippen molar-refractivity contribution in [3.8, 4) is 0 Å². The van der Waals surface area contributed by atoms with E-state index >= 15 is 0 Å². The average Bonchev–Trinajstić information content (AvgIpc) is 3.00. The minimum Gasteiger partial charge on any atom is -0.394 e. The molecule has 0 heterocycles. The minimum absolute atomic E-state index is 0.0650. The van der Waals surface area contributed by atoms with E-state index in [1.807, 2.05) is 6.92 Å². The average molecular weight is 215 g/mol. The highest BCUT2D eigenvalue weighted by molar-refractivity contribution is 4.76. The van der Waals surface area contributed by atoms with Crippen LogP contribution in [0.25, 0.3) is 0 Å². The fourth-order valence-electron chi connectivity index (χ4n) is 1.57. The van der Waals surface area contributed by atoms with Crippen molar-refractivity contribution in [1.29, 1.82) is 0 Å². The molecule has 0 radical (unpaired) electrons. The highest BCUT2D eigenvalue weighted by atomic mass is 16.5. The Hall–Kier alpha value is -0.120. The van der Waals surface area contributed by atoms with E-state index in [0.717, 1.165) is 38.4 Å². The van der Waals surface area contributed by atoms with Gasteiger partial charge in [0.15, 0.2) is 0 Å². The number of aliphatic hydroxyl groups is 1. The van der Waals surface area contributed by atoms with Crippen molar-refractivity contribution in [2.45, 2.75) is 51.0 Å². The van der Waals surface area contributed by atoms with Crippen LogP contribution in [0, 0.1) is 5.92 Å². The molecule has 1 unspecified atom stereocenters. The Balaban J connectivity index is 1.79. The zero-order valence-corrected chi connectivity index (χ0v) is 9.87. The molecule has 15 heavy (non-hydrogen) atoms. The minimum atomic E-state index is -0.409. The molecule has 1 atom stereocenters. The van der Waals surface area contributed by atoms with Gasteiger partial charge < -0.3 is 15.6 Å². The summed E-state index contributed by atoms with van der Waals surface area (Å²) < 4.78 is 5.53. The maximum atomic E-state index is 8.95. The molecule has 0 spiro atoms. The Morgan fingerprint density at radius 3 is 2.67 bits per heavy atom. The van der Waals surface area contributed by atoms with Gasteiger partial charge in [0.05, 0.1) is 6.61 Å². The predicted octanol–water partition coefficient (Wildman–Crippen LogP) is 1.68. The molecule has 0 saturated heterocycles. The van der Waals surface area contributed by atoms with Crippen LogP contribution >= 0.6 is 0 Å². The van der Waals surface area contributed by atoms with Gasteiger partial charge in [-0.15, -0.1) is 0 Å². The Bertz CT molecular complexity index is 167. The molecule has 0 amide bonds. The van der Waals surface area contributed by atoms with E-state index in [1.54, 1.807) is 0 Å². The standard InChI is InChI=1S/C12H25NO2/c1-12(13,10-14)7-2-3-8-15-9-6-11-4-5-11/h11,14H,2-10,13H2,1H3. The fraction of sp³-hybridized carbons (Fsp3) is 1.00. The molecule has 1 aliphatic rings. The van der Waals surface area contributed by atoms with E-state index in [1.165, 1.54) is 19.3 Å². The molecular weight excluding hydrogens is 190 g/mol. The fourth-order valence-corrected chi connectivity index (χ4v) is 1.57. The third-order valence-corrected chi connectivity index (χ3v) is 3.02. The molecule has 0 aromatic rings. The number of hydrogen-bond acceptors (Lipinski definition) is 3. The zero-order valence-electron chi connectivity index (χ0n) is 9.87. The van der Waals surface area contributed by atoms with Gasteiger partial charge in [-0.2, -0.15) is 0 Å². The first-order valence-electron chi connectivity index (χ1n) is 6.11. The van der Waals surface area contributed by atoms with Crippen molar-refractivity contribution < 1.29 is 9.84 Å². The van der Waals surface area contributed by atoms with Gasteiger partial charge in [0, 0.05) is 18.8 Å². The maximum absolute atomic E-state index is 8.95. The van der Waals surface area contributed by atoms with Crippen LogP contribution in [0.1, 0.15) is 45.4 Å². The number of rotatable bonds is 9. The number of hydrogen-bond donors (Lipinski definition) is 2. The van der Waals surface area contributed by atoms with Gasteiger partial charge in [0.25, 0.3) is 0 Å². The Labute approximate surface area is 93.0 Å². The van der Waals surface area contributed by atoms with Crippen molar-refractivity contribution >= 4 is 0 Å². The van der Waals surface area contributed by atoms with Crippen molar-refractivity contribution in [2.75, 3.05) is 19.8 Å². The third kappa shape index (κ3) is 6.88. The summed E-state index contributed by atoms with van der Waals surface area (Å²) in [6.07, 6.45) is 7.02. The van der Waals surface area contributed by atoms with E-state index in [2.05, 4.69) is 0 Å². The maximum Gasteiger partial charge on any atom is 0.0608 e. The van der Waals surface area contributed by atoms with Gasteiger partial charge in [-0.1, -0.05) is 12.8 Å². The first-order chi connectivity index (χ1) is 7.14. The van der Waals surface area contributed by atoms with Crippen LogP contribution in [0.5, 0.6) is 0 Å². The van der Waals surface area contributed by atoms with Gasteiger partial charge in [-0.25, -0.2) is 0 Å². The summed E-state index contributed by atoms with van der Waals surface area (Å²) >= 11 is 0. The van der Waals surface area contributed by atoms with Crippen LogP contribution in [0.4, 0.5) is 0 Å². The molecule has 0 bridgehead atoms. The summed E-state index contributed by atoms with van der Waals surface area (Å²) in [6, 6.07) is 0. The second-order valence-corrected chi connectivity index (χ2v) is 5.11. The molecule has 3 N–H and O–H groups in total. The normalized spacial score (nSPS) is 20.2. The number of aliphatic hydroxyl groups excluding tert-OH is 1. The molecule has 3 heteroatoms. The summed E-state index contributed by atoms with van der Waals surface area (Å²) in [4.78, 5) is 0. The van der Waals surface area contributed by atoms with Gasteiger partial charge in [0.1, 0.15) is 0 Å². The number of unbranched alkanes of at least 4 members (excludes halogenated alkanes) is 1. The van der Waals surface area contributed by atoms with Gasteiger partial charge in [-0.05, 0) is 38.5 Å². The molecule has 1 saturated carbocycles. The first-order valence-corrected chi connectivity index (χ1v) is 6.11. The Morgan fingerprint density at radius 2 is 2.07 bits per heavy atom. The van der Waals surface area contributed by atoms with Crippen LogP contribution in [0.3, 0.4) is 0 Å². The molecule has 0 aromatic heterocycles. The Kier molecular flexibility index (Phi) is 5.58. The summed E-state index contributed by atoms with van der Waals surface area (Å²) in [6.45, 7) is 3.72. The summed E-state index contributed by atoms with van der Waals surface area (Å²) in [7, 11) is 0. The van der Waals surface area contributed by atoms with Crippen LogP contribution in [-0.2, 0) is 4.74 Å². The monoisotopic (exact) mass is 215 g/mol. The largest absolute Gasteiger partial charge is 0.394 e. The van der Waals surface area contributed by atoms with E-state index in [0.29, 0.717) is 0 Å². The van der Waals surface area contributed by atoms with E-state index in [4.69, 9.17) is 15.6 Å². The lowest BCUT2D eigenvalue weighted by Gasteiger charge is -2.21. The molecular formula is C12H25NO2. The van der Waals surface area contributed by atoms with Crippen molar-refractivity contribution in [1.82, 2.24) is 0 Å². The van der Waals surface area contributed by atoms with E-state index in [9.17, 15) is 0 Å². The summed E-state index contributed by atoms with van der Waals surface area (Å²) in [5, 5.41) is 8.95. The lowest BCUT2D eigenvalue weighted by molar-refractivity contribution is 0.120. The molecule has 90 valence electrons. The summed E-state index contributed by atoms with van der Waals surface area (Å²) in [5.74, 6) is 0.965. The highest BCUT2D eigenvalue weighted by Gasteiger charge is 2.20. The second kappa shape index (κ2) is 6.46. The molecule has 0 aliphatic heterocycles. The molecule has 1 fully saturated rings. The SMILES string of the molecule is CC(N)(CO)CCCCOCCC1CC1. The zero-order chi connectivity index (χ0) is 11.1. The lowest BCUT2D eigenvalue weighted by Crippen LogP contribution is -2.39. The number of ether oxygens (including phenoxy) is 1. The lowest BCUT2D eigenvalue weighted by atomic mass is 9.97. The van der Waals surface area contributed by atoms with Crippen molar-refractivity contribution in [2.24, 2.45) is 11.7 Å². The van der Waals surface area contributed by atoms with Crippen LogP contribution < -0.4 is 5.73 Å². The molecule has 1 rings (SSSR count). The smallest absolute Gasteiger partial charge is 0.0608 e.